The number of nitrogens with zero attached hydrogens (tertiary/aromatic N) is 2. The molecule has 0 atom stereocenters. The van der Waals surface area contributed by atoms with Crippen LogP contribution in [0.25, 0.3) is 0 Å². The fraction of sp³-hybridized carbons (Fsp3) is 0.421. The van der Waals surface area contributed by atoms with Gasteiger partial charge in [-0.3, -0.25) is 10.1 Å². The Morgan fingerprint density at radius 2 is 1.89 bits per heavy atom. The van der Waals surface area contributed by atoms with Crippen LogP contribution in [0, 0.1) is 16.0 Å². The molecule has 5 nitrogen and oxygen atoms in total. The molecule has 1 aromatic heterocycles. The first-order valence-electron chi connectivity index (χ1n) is 8.85. The Hall–Kier alpha value is -2.16. The van der Waals surface area contributed by atoms with Crippen LogP contribution in [-0.4, -0.2) is 16.0 Å². The minimum atomic E-state index is -4.75. The maximum Gasteiger partial charge on any atom is 0.423 e. The number of aromatic nitrogens is 1. The smallest absolute Gasteiger partial charge is 0.423 e. The van der Waals surface area contributed by atoms with E-state index in [0.29, 0.717) is 16.6 Å². The highest BCUT2D eigenvalue weighted by Crippen LogP contribution is 2.38. The maximum atomic E-state index is 13.1. The van der Waals surface area contributed by atoms with E-state index in [4.69, 9.17) is 4.74 Å². The number of halogens is 4. The molecular formula is C19H18BrF3N2O3. The highest BCUT2D eigenvalue weighted by molar-refractivity contribution is 9.10. The van der Waals surface area contributed by atoms with Crippen LogP contribution in [0.4, 0.5) is 18.9 Å². The van der Waals surface area contributed by atoms with Gasteiger partial charge in [0.1, 0.15) is 15.9 Å². The Morgan fingerprint density at radius 3 is 2.50 bits per heavy atom. The number of ether oxygens (including phenoxy) is 1. The second kappa shape index (κ2) is 8.46. The lowest BCUT2D eigenvalue weighted by molar-refractivity contribution is -0.388. The first kappa shape index (κ1) is 20.6. The van der Waals surface area contributed by atoms with E-state index in [0.717, 1.165) is 43.6 Å². The highest BCUT2D eigenvalue weighted by atomic mass is 79.9. The molecule has 0 radical (unpaired) electrons. The van der Waals surface area contributed by atoms with Crippen LogP contribution < -0.4 is 4.74 Å². The molecular weight excluding hydrogens is 441 g/mol. The molecule has 0 unspecified atom stereocenters. The number of alkyl halides is 3. The van der Waals surface area contributed by atoms with Crippen LogP contribution in [0.2, 0.25) is 0 Å². The van der Waals surface area contributed by atoms with Crippen molar-refractivity contribution in [2.24, 2.45) is 5.92 Å². The van der Waals surface area contributed by atoms with E-state index >= 15 is 0 Å². The van der Waals surface area contributed by atoms with Crippen molar-refractivity contribution in [3.8, 4) is 5.75 Å². The quantitative estimate of drug-likeness (QED) is 0.315. The normalized spacial score (nSPS) is 20.0. The number of nitro groups is 1. The second-order valence-corrected chi connectivity index (χ2v) is 7.70. The topological polar surface area (TPSA) is 65.3 Å². The summed E-state index contributed by atoms with van der Waals surface area (Å²) in [5.41, 5.74) is -1.62. The van der Waals surface area contributed by atoms with Gasteiger partial charge in [0.05, 0.1) is 11.0 Å². The molecule has 1 aliphatic carbocycles. The van der Waals surface area contributed by atoms with Gasteiger partial charge in [-0.2, -0.15) is 13.2 Å². The Bertz CT molecular complexity index is 853. The van der Waals surface area contributed by atoms with E-state index in [1.54, 1.807) is 18.3 Å². The maximum absolute atomic E-state index is 13.1. The number of hydrogen-bond donors (Lipinski definition) is 0. The molecule has 1 saturated carbocycles. The van der Waals surface area contributed by atoms with Gasteiger partial charge < -0.3 is 4.74 Å². The largest absolute Gasteiger partial charge is 0.490 e. The lowest BCUT2D eigenvalue weighted by Gasteiger charge is -2.29. The third-order valence-corrected chi connectivity index (χ3v) is 5.32. The van der Waals surface area contributed by atoms with Gasteiger partial charge in [-0.1, -0.05) is 6.07 Å². The summed E-state index contributed by atoms with van der Waals surface area (Å²) >= 11 is 3.29. The van der Waals surface area contributed by atoms with Gasteiger partial charge in [-0.05, 0) is 71.6 Å². The number of nitro benzene ring substituents is 1. The Balaban J connectivity index is 1.61. The summed E-state index contributed by atoms with van der Waals surface area (Å²) in [4.78, 5) is 13.9. The van der Waals surface area contributed by atoms with Crippen molar-refractivity contribution < 1.29 is 22.8 Å². The predicted octanol–water partition coefficient (Wildman–Crippen LogP) is 5.95. The van der Waals surface area contributed by atoms with E-state index in [2.05, 4.69) is 20.9 Å². The lowest BCUT2D eigenvalue weighted by atomic mass is 9.83. The predicted molar refractivity (Wildman–Crippen MR) is 100 cm³/mol. The molecule has 1 aromatic carbocycles. The minimum Gasteiger partial charge on any atom is -0.490 e. The Morgan fingerprint density at radius 1 is 1.18 bits per heavy atom. The average Bonchev–Trinajstić information content (AvgIpc) is 2.62. The van der Waals surface area contributed by atoms with Crippen molar-refractivity contribution in [2.75, 3.05) is 0 Å². The minimum absolute atomic E-state index is 0.0631. The standard InChI is InChI=1S/C19H18BrF3N2O3/c20-18-11-15(7-8-24-18)28-14-4-1-12(2-5-14)9-13-3-6-17(25(26)27)16(10-13)19(21,22)23/h3,6-8,10-12,14H,1-2,4-5,9H2. The van der Waals surface area contributed by atoms with Gasteiger partial charge >= 0.3 is 6.18 Å². The van der Waals surface area contributed by atoms with E-state index < -0.39 is 22.4 Å². The van der Waals surface area contributed by atoms with Crippen LogP contribution in [0.3, 0.4) is 0 Å². The monoisotopic (exact) mass is 458 g/mol. The first-order valence-corrected chi connectivity index (χ1v) is 9.64. The zero-order chi connectivity index (χ0) is 20.3. The van der Waals surface area contributed by atoms with Gasteiger partial charge in [-0.15, -0.1) is 0 Å². The van der Waals surface area contributed by atoms with Crippen LogP contribution in [0.15, 0.2) is 41.1 Å². The third-order valence-electron chi connectivity index (χ3n) is 4.88. The summed E-state index contributed by atoms with van der Waals surface area (Å²) in [6.45, 7) is 0. The van der Waals surface area contributed by atoms with E-state index in [9.17, 15) is 23.3 Å². The van der Waals surface area contributed by atoms with Gasteiger partial charge in [0.25, 0.3) is 5.69 Å². The SMILES string of the molecule is O=[N+]([O-])c1ccc(CC2CCC(Oc3ccnc(Br)c3)CC2)cc1C(F)(F)F. The van der Waals surface area contributed by atoms with Crippen LogP contribution in [0.5, 0.6) is 5.75 Å². The zero-order valence-electron chi connectivity index (χ0n) is 14.8. The molecule has 2 aromatic rings. The van der Waals surface area contributed by atoms with Gasteiger partial charge in [-0.25, -0.2) is 4.98 Å². The van der Waals surface area contributed by atoms with Crippen molar-refractivity contribution in [1.29, 1.82) is 0 Å². The van der Waals surface area contributed by atoms with E-state index in [1.165, 1.54) is 6.07 Å². The number of benzene rings is 1. The van der Waals surface area contributed by atoms with Crippen molar-refractivity contribution in [2.45, 2.75) is 44.4 Å². The van der Waals surface area contributed by atoms with Crippen LogP contribution >= 0.6 is 15.9 Å². The van der Waals surface area contributed by atoms with Crippen LogP contribution in [0.1, 0.15) is 36.8 Å². The van der Waals surface area contributed by atoms with Crippen molar-refractivity contribution in [3.63, 3.8) is 0 Å². The molecule has 0 amide bonds. The Kier molecular flexibility index (Phi) is 6.22. The van der Waals surface area contributed by atoms with Crippen LogP contribution in [-0.2, 0) is 12.6 Å². The molecule has 28 heavy (non-hydrogen) atoms. The third kappa shape index (κ3) is 5.21. The van der Waals surface area contributed by atoms with Gasteiger partial charge in [0.2, 0.25) is 0 Å². The summed E-state index contributed by atoms with van der Waals surface area (Å²) in [6, 6.07) is 6.86. The summed E-state index contributed by atoms with van der Waals surface area (Å²) in [5, 5.41) is 10.9. The van der Waals surface area contributed by atoms with Crippen molar-refractivity contribution >= 4 is 21.6 Å². The summed E-state index contributed by atoms with van der Waals surface area (Å²) in [7, 11) is 0. The first-order chi connectivity index (χ1) is 13.2. The average molecular weight is 459 g/mol. The fourth-order valence-electron chi connectivity index (χ4n) is 3.53. The number of pyridine rings is 1. The van der Waals surface area contributed by atoms with Crippen molar-refractivity contribution in [1.82, 2.24) is 4.98 Å². The van der Waals surface area contributed by atoms with E-state index in [-0.39, 0.29) is 12.0 Å². The molecule has 9 heteroatoms. The Labute approximate surface area is 168 Å². The molecule has 0 N–H and O–H groups in total. The lowest BCUT2D eigenvalue weighted by Crippen LogP contribution is -2.25. The molecule has 0 bridgehead atoms. The molecule has 0 spiro atoms. The summed E-state index contributed by atoms with van der Waals surface area (Å²) in [6.07, 6.45) is 0.709. The van der Waals surface area contributed by atoms with Crippen molar-refractivity contribution in [3.05, 3.63) is 62.4 Å². The molecule has 3 rings (SSSR count). The molecule has 0 saturated heterocycles. The summed E-state index contributed by atoms with van der Waals surface area (Å²) < 4.78 is 46.0. The fourth-order valence-corrected chi connectivity index (χ4v) is 3.88. The van der Waals surface area contributed by atoms with Gasteiger partial charge in [0.15, 0.2) is 0 Å². The molecule has 150 valence electrons. The second-order valence-electron chi connectivity index (χ2n) is 6.89. The molecule has 1 aliphatic rings. The molecule has 1 heterocycles. The highest BCUT2D eigenvalue weighted by Gasteiger charge is 2.38. The molecule has 1 fully saturated rings. The molecule has 0 aliphatic heterocycles. The zero-order valence-corrected chi connectivity index (χ0v) is 16.4. The number of hydrogen-bond acceptors (Lipinski definition) is 4. The van der Waals surface area contributed by atoms with Gasteiger partial charge in [0, 0.05) is 18.3 Å². The van der Waals surface area contributed by atoms with E-state index in [1.807, 2.05) is 0 Å². The summed E-state index contributed by atoms with van der Waals surface area (Å²) in [5.74, 6) is 0.960. The number of rotatable bonds is 5.